The standard InChI is InChI=1S/C15H19N3O2S/c1-4-20-12-7-5-6-11(16)13(12)14(19)18-10(3)15-17-9(2)8-21-15/h5-8,10H,4,16H2,1-3H3,(H,18,19). The molecule has 0 saturated heterocycles. The second-order valence-corrected chi connectivity index (χ2v) is 5.57. The quantitative estimate of drug-likeness (QED) is 0.833. The first-order valence-electron chi connectivity index (χ1n) is 6.77. The van der Waals surface area contributed by atoms with E-state index in [1.54, 1.807) is 18.2 Å². The second kappa shape index (κ2) is 6.58. The van der Waals surface area contributed by atoms with Gasteiger partial charge in [0.05, 0.1) is 12.6 Å². The van der Waals surface area contributed by atoms with E-state index in [0.29, 0.717) is 23.6 Å². The van der Waals surface area contributed by atoms with Crippen molar-refractivity contribution >= 4 is 22.9 Å². The Bertz CT molecular complexity index is 640. The average Bonchev–Trinajstić information content (AvgIpc) is 2.86. The number of aromatic nitrogens is 1. The maximum absolute atomic E-state index is 12.5. The number of amides is 1. The Morgan fingerprint density at radius 1 is 1.52 bits per heavy atom. The third-order valence-corrected chi connectivity index (χ3v) is 4.09. The zero-order chi connectivity index (χ0) is 15.4. The predicted octanol–water partition coefficient (Wildman–Crippen LogP) is 2.92. The minimum atomic E-state index is -0.253. The summed E-state index contributed by atoms with van der Waals surface area (Å²) in [4.78, 5) is 16.8. The number of benzene rings is 1. The van der Waals surface area contributed by atoms with Crippen LogP contribution in [0.15, 0.2) is 23.6 Å². The molecule has 1 unspecified atom stereocenters. The highest BCUT2D eigenvalue weighted by molar-refractivity contribution is 7.09. The molecule has 0 radical (unpaired) electrons. The van der Waals surface area contributed by atoms with Gasteiger partial charge in [0.1, 0.15) is 16.3 Å². The van der Waals surface area contributed by atoms with E-state index in [0.717, 1.165) is 10.7 Å². The topological polar surface area (TPSA) is 77.2 Å². The maximum atomic E-state index is 12.5. The van der Waals surface area contributed by atoms with Crippen molar-refractivity contribution in [3.63, 3.8) is 0 Å². The van der Waals surface area contributed by atoms with Crippen LogP contribution in [0.25, 0.3) is 0 Å². The lowest BCUT2D eigenvalue weighted by atomic mass is 10.1. The highest BCUT2D eigenvalue weighted by Crippen LogP contribution is 2.26. The van der Waals surface area contributed by atoms with E-state index >= 15 is 0 Å². The summed E-state index contributed by atoms with van der Waals surface area (Å²) in [7, 11) is 0. The van der Waals surface area contributed by atoms with Gasteiger partial charge in [0, 0.05) is 16.8 Å². The molecule has 0 aliphatic rings. The van der Waals surface area contributed by atoms with Crippen LogP contribution in [0.1, 0.15) is 40.9 Å². The van der Waals surface area contributed by atoms with Gasteiger partial charge >= 0.3 is 0 Å². The summed E-state index contributed by atoms with van der Waals surface area (Å²) in [6.07, 6.45) is 0. The van der Waals surface area contributed by atoms with Crippen molar-refractivity contribution in [3.05, 3.63) is 39.8 Å². The minimum absolute atomic E-state index is 0.176. The fourth-order valence-electron chi connectivity index (χ4n) is 1.97. The molecule has 0 aliphatic carbocycles. The number of nitrogens with two attached hydrogens (primary N) is 1. The van der Waals surface area contributed by atoms with Gasteiger partial charge in [-0.1, -0.05) is 6.07 Å². The van der Waals surface area contributed by atoms with Gasteiger partial charge in [-0.05, 0) is 32.9 Å². The van der Waals surface area contributed by atoms with Gasteiger partial charge in [-0.25, -0.2) is 4.98 Å². The average molecular weight is 305 g/mol. The van der Waals surface area contributed by atoms with Crippen molar-refractivity contribution in [2.45, 2.75) is 26.8 Å². The fraction of sp³-hybridized carbons (Fsp3) is 0.333. The number of thiazole rings is 1. The van der Waals surface area contributed by atoms with Gasteiger partial charge in [0.15, 0.2) is 0 Å². The van der Waals surface area contributed by atoms with Crippen LogP contribution in [-0.4, -0.2) is 17.5 Å². The molecule has 1 aromatic carbocycles. The molecule has 2 rings (SSSR count). The monoisotopic (exact) mass is 305 g/mol. The van der Waals surface area contributed by atoms with E-state index in [-0.39, 0.29) is 11.9 Å². The number of hydrogen-bond donors (Lipinski definition) is 2. The first kappa shape index (κ1) is 15.3. The number of nitrogens with zero attached hydrogens (tertiary/aromatic N) is 1. The van der Waals surface area contributed by atoms with Gasteiger partial charge in [0.25, 0.3) is 5.91 Å². The number of nitrogen functional groups attached to an aromatic ring is 1. The van der Waals surface area contributed by atoms with Gasteiger partial charge in [-0.3, -0.25) is 4.79 Å². The van der Waals surface area contributed by atoms with Crippen LogP contribution in [0.4, 0.5) is 5.69 Å². The zero-order valence-electron chi connectivity index (χ0n) is 12.3. The van der Waals surface area contributed by atoms with Gasteiger partial charge in [-0.2, -0.15) is 0 Å². The lowest BCUT2D eigenvalue weighted by Crippen LogP contribution is -2.28. The van der Waals surface area contributed by atoms with Crippen molar-refractivity contribution in [1.29, 1.82) is 0 Å². The van der Waals surface area contributed by atoms with E-state index in [2.05, 4.69) is 10.3 Å². The lowest BCUT2D eigenvalue weighted by molar-refractivity contribution is 0.0937. The number of carbonyl (C=O) groups is 1. The number of ether oxygens (including phenoxy) is 1. The van der Waals surface area contributed by atoms with Crippen molar-refractivity contribution in [2.75, 3.05) is 12.3 Å². The SMILES string of the molecule is CCOc1cccc(N)c1C(=O)NC(C)c1nc(C)cs1. The Labute approximate surface area is 128 Å². The zero-order valence-corrected chi connectivity index (χ0v) is 13.2. The largest absolute Gasteiger partial charge is 0.493 e. The fourth-order valence-corrected chi connectivity index (χ4v) is 2.77. The molecule has 2 aromatic rings. The van der Waals surface area contributed by atoms with E-state index in [9.17, 15) is 4.79 Å². The molecule has 3 N–H and O–H groups in total. The minimum Gasteiger partial charge on any atom is -0.493 e. The molecule has 21 heavy (non-hydrogen) atoms. The predicted molar refractivity (Wildman–Crippen MR) is 84.8 cm³/mol. The second-order valence-electron chi connectivity index (χ2n) is 4.68. The number of rotatable bonds is 5. The Balaban J connectivity index is 2.20. The van der Waals surface area contributed by atoms with Crippen LogP contribution < -0.4 is 15.8 Å². The van der Waals surface area contributed by atoms with Crippen LogP contribution in [0, 0.1) is 6.92 Å². The molecule has 1 amide bonds. The molecule has 112 valence electrons. The summed E-state index contributed by atoms with van der Waals surface area (Å²) in [5.74, 6) is 0.245. The molecule has 1 atom stereocenters. The first-order chi connectivity index (χ1) is 10.0. The Morgan fingerprint density at radius 2 is 2.29 bits per heavy atom. The van der Waals surface area contributed by atoms with Gasteiger partial charge in [0.2, 0.25) is 0 Å². The van der Waals surface area contributed by atoms with Gasteiger partial charge in [-0.15, -0.1) is 11.3 Å². The molecule has 1 aromatic heterocycles. The molecule has 0 aliphatic heterocycles. The van der Waals surface area contributed by atoms with E-state index in [1.807, 2.05) is 26.2 Å². The molecule has 6 heteroatoms. The van der Waals surface area contributed by atoms with Crippen LogP contribution in [0.2, 0.25) is 0 Å². The van der Waals surface area contributed by atoms with E-state index in [4.69, 9.17) is 10.5 Å². The molecular weight excluding hydrogens is 286 g/mol. The van der Waals surface area contributed by atoms with Crippen LogP contribution in [0.3, 0.4) is 0 Å². The normalized spacial score (nSPS) is 12.0. The van der Waals surface area contributed by atoms with Crippen LogP contribution in [-0.2, 0) is 0 Å². The van der Waals surface area contributed by atoms with Crippen LogP contribution >= 0.6 is 11.3 Å². The third-order valence-electron chi connectivity index (χ3n) is 2.94. The van der Waals surface area contributed by atoms with Crippen LogP contribution in [0.5, 0.6) is 5.75 Å². The molecule has 0 bridgehead atoms. The Morgan fingerprint density at radius 3 is 2.90 bits per heavy atom. The molecule has 0 saturated carbocycles. The van der Waals surface area contributed by atoms with Crippen molar-refractivity contribution < 1.29 is 9.53 Å². The summed E-state index contributed by atoms with van der Waals surface area (Å²) in [6, 6.07) is 5.03. The molecule has 1 heterocycles. The van der Waals surface area contributed by atoms with E-state index in [1.165, 1.54) is 11.3 Å². The van der Waals surface area contributed by atoms with Crippen molar-refractivity contribution in [1.82, 2.24) is 10.3 Å². The van der Waals surface area contributed by atoms with Crippen molar-refractivity contribution in [3.8, 4) is 5.75 Å². The number of carbonyl (C=O) groups excluding carboxylic acids is 1. The van der Waals surface area contributed by atoms with Gasteiger partial charge < -0.3 is 15.8 Å². The summed E-state index contributed by atoms with van der Waals surface area (Å²) >= 11 is 1.53. The molecular formula is C15H19N3O2S. The highest BCUT2D eigenvalue weighted by atomic mass is 32.1. The smallest absolute Gasteiger partial charge is 0.257 e. The highest BCUT2D eigenvalue weighted by Gasteiger charge is 2.19. The lowest BCUT2D eigenvalue weighted by Gasteiger charge is -2.15. The maximum Gasteiger partial charge on any atom is 0.257 e. The summed E-state index contributed by atoms with van der Waals surface area (Å²) in [5.41, 5.74) is 7.64. The summed E-state index contributed by atoms with van der Waals surface area (Å²) < 4.78 is 5.48. The summed E-state index contributed by atoms with van der Waals surface area (Å²) in [5, 5.41) is 5.74. The summed E-state index contributed by atoms with van der Waals surface area (Å²) in [6.45, 7) is 6.17. The van der Waals surface area contributed by atoms with E-state index < -0.39 is 0 Å². The Kier molecular flexibility index (Phi) is 4.80. The number of nitrogens with one attached hydrogen (secondary N) is 1. The molecule has 0 spiro atoms. The number of aryl methyl sites for hydroxylation is 1. The number of hydrogen-bond acceptors (Lipinski definition) is 5. The first-order valence-corrected chi connectivity index (χ1v) is 7.65. The van der Waals surface area contributed by atoms with Crippen molar-refractivity contribution in [2.24, 2.45) is 0 Å². The Hall–Kier alpha value is -2.08. The molecule has 0 fully saturated rings. The third kappa shape index (κ3) is 3.52. The number of anilines is 1. The molecule has 5 nitrogen and oxygen atoms in total.